The van der Waals surface area contributed by atoms with Gasteiger partial charge in [-0.25, -0.2) is 0 Å². The van der Waals surface area contributed by atoms with Crippen LogP contribution in [0.1, 0.15) is 43.7 Å². The Balaban J connectivity index is 1.96. The van der Waals surface area contributed by atoms with E-state index in [9.17, 15) is 5.11 Å². The van der Waals surface area contributed by atoms with Gasteiger partial charge in [0.05, 0.1) is 3.57 Å². The van der Waals surface area contributed by atoms with E-state index < -0.39 is 0 Å². The topological polar surface area (TPSA) is 35.5 Å². The second kappa shape index (κ2) is 7.98. The zero-order valence-corrected chi connectivity index (χ0v) is 17.1. The molecule has 2 aliphatic rings. The molecule has 1 aliphatic carbocycles. The van der Waals surface area contributed by atoms with Gasteiger partial charge in [-0.15, -0.1) is 0 Å². The molecule has 0 unspecified atom stereocenters. The summed E-state index contributed by atoms with van der Waals surface area (Å²) in [5.74, 6) is 1.20. The van der Waals surface area contributed by atoms with E-state index in [1.165, 1.54) is 35.7 Å². The van der Waals surface area contributed by atoms with E-state index in [1.807, 2.05) is 0 Å². The summed E-state index contributed by atoms with van der Waals surface area (Å²) in [6.45, 7) is 4.29. The first-order valence-corrected chi connectivity index (χ1v) is 10.5. The quantitative estimate of drug-likeness (QED) is 0.582. The molecule has 1 aromatic carbocycles. The SMILES string of the molecule is Oc1c(I)cc(I)cc1[C@H](C1CCCCC1)N1CCNCC1. The first kappa shape index (κ1) is 17.2. The van der Waals surface area contributed by atoms with Crippen LogP contribution in [0.3, 0.4) is 0 Å². The van der Waals surface area contributed by atoms with Crippen LogP contribution in [0.15, 0.2) is 12.1 Å². The van der Waals surface area contributed by atoms with Gasteiger partial charge in [0.15, 0.2) is 0 Å². The molecular weight excluding hydrogens is 502 g/mol. The summed E-state index contributed by atoms with van der Waals surface area (Å²) in [7, 11) is 0. The smallest absolute Gasteiger partial charge is 0.133 e. The maximum absolute atomic E-state index is 10.7. The van der Waals surface area contributed by atoms with Crippen LogP contribution in [0, 0.1) is 13.1 Å². The maximum Gasteiger partial charge on any atom is 0.133 e. The summed E-state index contributed by atoms with van der Waals surface area (Å²) in [4.78, 5) is 2.60. The van der Waals surface area contributed by atoms with Gasteiger partial charge in [0.2, 0.25) is 0 Å². The van der Waals surface area contributed by atoms with Crippen molar-refractivity contribution in [3.8, 4) is 5.75 Å². The molecule has 0 spiro atoms. The Kier molecular flexibility index (Phi) is 6.25. The van der Waals surface area contributed by atoms with E-state index in [4.69, 9.17) is 0 Å². The molecule has 22 heavy (non-hydrogen) atoms. The fourth-order valence-corrected chi connectivity index (χ4v) is 5.86. The number of piperazine rings is 1. The Morgan fingerprint density at radius 1 is 1.09 bits per heavy atom. The molecule has 2 fully saturated rings. The molecule has 1 saturated carbocycles. The predicted molar refractivity (Wildman–Crippen MR) is 107 cm³/mol. The molecule has 1 heterocycles. The van der Waals surface area contributed by atoms with Crippen molar-refractivity contribution in [3.05, 3.63) is 24.8 Å². The molecule has 0 aromatic heterocycles. The zero-order chi connectivity index (χ0) is 15.5. The molecule has 0 amide bonds. The zero-order valence-electron chi connectivity index (χ0n) is 12.8. The molecular formula is C17H24I2N2O. The van der Waals surface area contributed by atoms with Crippen LogP contribution in [0.2, 0.25) is 0 Å². The molecule has 1 saturated heterocycles. The molecule has 122 valence electrons. The van der Waals surface area contributed by atoms with E-state index >= 15 is 0 Å². The van der Waals surface area contributed by atoms with Crippen molar-refractivity contribution in [1.82, 2.24) is 10.2 Å². The molecule has 0 bridgehead atoms. The third kappa shape index (κ3) is 3.89. The number of benzene rings is 1. The third-order valence-corrected chi connectivity index (χ3v) is 6.46. The number of hydrogen-bond donors (Lipinski definition) is 2. The molecule has 3 rings (SSSR count). The first-order valence-electron chi connectivity index (χ1n) is 8.29. The standard InChI is InChI=1S/C17H24I2N2O/c18-13-10-14(17(22)15(19)11-13)16(12-4-2-1-3-5-12)21-8-6-20-7-9-21/h10-12,16,20,22H,1-9H2/t16-/m0/s1. The van der Waals surface area contributed by atoms with Gasteiger partial charge in [-0.3, -0.25) is 4.90 Å². The van der Waals surface area contributed by atoms with Crippen LogP contribution in [0.4, 0.5) is 0 Å². The van der Waals surface area contributed by atoms with E-state index in [1.54, 1.807) is 0 Å². The Morgan fingerprint density at radius 3 is 2.45 bits per heavy atom. The number of phenolic OH excluding ortho intramolecular Hbond substituents is 1. The highest BCUT2D eigenvalue weighted by atomic mass is 127. The molecule has 2 N–H and O–H groups in total. The van der Waals surface area contributed by atoms with Crippen molar-refractivity contribution in [1.29, 1.82) is 0 Å². The fourth-order valence-electron chi connectivity index (χ4n) is 3.97. The van der Waals surface area contributed by atoms with Gasteiger partial charge >= 0.3 is 0 Å². The van der Waals surface area contributed by atoms with Gasteiger partial charge in [-0.2, -0.15) is 0 Å². The van der Waals surface area contributed by atoms with Gasteiger partial charge in [-0.05, 0) is 76.1 Å². The number of aromatic hydroxyl groups is 1. The molecule has 1 aromatic rings. The van der Waals surface area contributed by atoms with Gasteiger partial charge in [0.25, 0.3) is 0 Å². The normalized spacial score (nSPS) is 22.6. The van der Waals surface area contributed by atoms with E-state index in [-0.39, 0.29) is 0 Å². The highest BCUT2D eigenvalue weighted by molar-refractivity contribution is 14.1. The number of hydrogen-bond acceptors (Lipinski definition) is 3. The largest absolute Gasteiger partial charge is 0.506 e. The highest BCUT2D eigenvalue weighted by Gasteiger charge is 2.33. The minimum Gasteiger partial charge on any atom is -0.506 e. The molecule has 0 radical (unpaired) electrons. The Bertz CT molecular complexity index is 494. The fraction of sp³-hybridized carbons (Fsp3) is 0.647. The molecule has 1 atom stereocenters. The van der Waals surface area contributed by atoms with Crippen LogP contribution >= 0.6 is 45.2 Å². The van der Waals surface area contributed by atoms with E-state index in [2.05, 4.69) is 67.5 Å². The maximum atomic E-state index is 10.7. The minimum atomic E-state index is 0.380. The Morgan fingerprint density at radius 2 is 1.77 bits per heavy atom. The van der Waals surface area contributed by atoms with Gasteiger partial charge in [0.1, 0.15) is 5.75 Å². The van der Waals surface area contributed by atoms with Crippen molar-refractivity contribution < 1.29 is 5.11 Å². The lowest BCUT2D eigenvalue weighted by Crippen LogP contribution is -2.47. The van der Waals surface area contributed by atoms with Crippen LogP contribution in [-0.4, -0.2) is 36.2 Å². The Hall–Kier alpha value is 0.400. The molecule has 3 nitrogen and oxygen atoms in total. The van der Waals surface area contributed by atoms with Gasteiger partial charge in [-0.1, -0.05) is 19.3 Å². The monoisotopic (exact) mass is 526 g/mol. The summed E-state index contributed by atoms with van der Waals surface area (Å²) in [5, 5.41) is 14.2. The van der Waals surface area contributed by atoms with Crippen molar-refractivity contribution in [2.75, 3.05) is 26.2 Å². The van der Waals surface area contributed by atoms with Crippen molar-refractivity contribution in [2.24, 2.45) is 5.92 Å². The number of halogens is 2. The van der Waals surface area contributed by atoms with Crippen molar-refractivity contribution in [2.45, 2.75) is 38.1 Å². The lowest BCUT2D eigenvalue weighted by molar-refractivity contribution is 0.101. The minimum absolute atomic E-state index is 0.380. The molecule has 1 aliphatic heterocycles. The first-order chi connectivity index (χ1) is 10.7. The second-order valence-electron chi connectivity index (χ2n) is 6.45. The molecule has 5 heteroatoms. The second-order valence-corrected chi connectivity index (χ2v) is 8.86. The lowest BCUT2D eigenvalue weighted by Gasteiger charge is -2.41. The average molecular weight is 526 g/mol. The number of nitrogens with one attached hydrogen (secondary N) is 1. The summed E-state index contributed by atoms with van der Waals surface area (Å²) < 4.78 is 2.21. The lowest BCUT2D eigenvalue weighted by atomic mass is 9.80. The summed E-state index contributed by atoms with van der Waals surface area (Å²) in [6, 6.07) is 4.65. The number of rotatable bonds is 3. The summed E-state index contributed by atoms with van der Waals surface area (Å²) in [5.41, 5.74) is 1.16. The van der Waals surface area contributed by atoms with Crippen LogP contribution in [0.25, 0.3) is 0 Å². The van der Waals surface area contributed by atoms with Gasteiger partial charge in [0, 0.05) is 41.4 Å². The third-order valence-electron chi connectivity index (χ3n) is 5.02. The number of nitrogens with zero attached hydrogens (tertiary/aromatic N) is 1. The van der Waals surface area contributed by atoms with Crippen molar-refractivity contribution >= 4 is 45.2 Å². The van der Waals surface area contributed by atoms with E-state index in [0.29, 0.717) is 17.7 Å². The van der Waals surface area contributed by atoms with Crippen LogP contribution in [-0.2, 0) is 0 Å². The average Bonchev–Trinajstić information content (AvgIpc) is 2.54. The summed E-state index contributed by atoms with van der Waals surface area (Å²) >= 11 is 4.64. The van der Waals surface area contributed by atoms with Crippen LogP contribution in [0.5, 0.6) is 5.75 Å². The van der Waals surface area contributed by atoms with Crippen molar-refractivity contribution in [3.63, 3.8) is 0 Å². The van der Waals surface area contributed by atoms with Crippen LogP contribution < -0.4 is 5.32 Å². The van der Waals surface area contributed by atoms with E-state index in [0.717, 1.165) is 35.3 Å². The Labute approximate surface area is 160 Å². The van der Waals surface area contributed by atoms with Gasteiger partial charge < -0.3 is 10.4 Å². The summed E-state index contributed by atoms with van der Waals surface area (Å²) in [6.07, 6.45) is 6.66. The number of phenols is 1. The predicted octanol–water partition coefficient (Wildman–Crippen LogP) is 4.13. The highest BCUT2D eigenvalue weighted by Crippen LogP contribution is 2.43.